The topological polar surface area (TPSA) is 59.8 Å². The van der Waals surface area contributed by atoms with Gasteiger partial charge in [0.15, 0.2) is 5.16 Å². The van der Waals surface area contributed by atoms with Crippen LogP contribution < -0.4 is 5.32 Å². The molecule has 1 heterocycles. The first-order valence-electron chi connectivity index (χ1n) is 10.2. The molecule has 3 aromatic carbocycles. The first kappa shape index (κ1) is 25.1. The minimum Gasteiger partial charge on any atom is -0.325 e. The van der Waals surface area contributed by atoms with E-state index in [2.05, 4.69) is 15.5 Å². The fraction of sp³-hybridized carbons (Fsp3) is 0.125. The molecule has 0 spiro atoms. The molecule has 0 radical (unpaired) electrons. The van der Waals surface area contributed by atoms with Gasteiger partial charge in [-0.1, -0.05) is 65.3 Å². The normalized spacial score (nSPS) is 11.5. The minimum atomic E-state index is -4.63. The molecule has 1 aromatic heterocycles. The van der Waals surface area contributed by atoms with Crippen LogP contribution in [0, 0.1) is 0 Å². The number of hydrogen-bond acceptors (Lipinski definition) is 4. The second-order valence-corrected chi connectivity index (χ2v) is 9.19. The van der Waals surface area contributed by atoms with Crippen LogP contribution in [0.1, 0.15) is 17.0 Å². The maximum atomic E-state index is 13.1. The van der Waals surface area contributed by atoms with Gasteiger partial charge in [-0.05, 0) is 48.0 Å². The van der Waals surface area contributed by atoms with Gasteiger partial charge in [-0.3, -0.25) is 9.36 Å². The van der Waals surface area contributed by atoms with Crippen molar-refractivity contribution < 1.29 is 18.0 Å². The van der Waals surface area contributed by atoms with Crippen molar-refractivity contribution >= 4 is 46.6 Å². The number of anilines is 1. The molecule has 0 saturated heterocycles. The highest BCUT2D eigenvalue weighted by molar-refractivity contribution is 7.99. The van der Waals surface area contributed by atoms with Crippen molar-refractivity contribution in [3.8, 4) is 5.69 Å². The molecule has 0 saturated carbocycles. The number of thioether (sulfide) groups is 1. The Morgan fingerprint density at radius 2 is 1.69 bits per heavy atom. The number of nitrogens with zero attached hydrogens (tertiary/aromatic N) is 3. The lowest BCUT2D eigenvalue weighted by molar-refractivity contribution is -0.137. The van der Waals surface area contributed by atoms with Crippen LogP contribution >= 0.6 is 35.0 Å². The zero-order chi connectivity index (χ0) is 25.0. The van der Waals surface area contributed by atoms with Gasteiger partial charge in [-0.25, -0.2) is 0 Å². The number of amides is 1. The Morgan fingerprint density at radius 1 is 0.971 bits per heavy atom. The van der Waals surface area contributed by atoms with Crippen LogP contribution in [0.3, 0.4) is 0 Å². The summed E-state index contributed by atoms with van der Waals surface area (Å²) < 4.78 is 41.1. The van der Waals surface area contributed by atoms with Crippen molar-refractivity contribution in [1.29, 1.82) is 0 Å². The number of carbonyl (C=O) groups excluding carboxylic acids is 1. The predicted octanol–water partition coefficient (Wildman–Crippen LogP) is 6.91. The maximum absolute atomic E-state index is 13.1. The second-order valence-electron chi connectivity index (χ2n) is 7.40. The highest BCUT2D eigenvalue weighted by Gasteiger charge is 2.33. The van der Waals surface area contributed by atoms with Crippen LogP contribution in [0.15, 0.2) is 78.0 Å². The van der Waals surface area contributed by atoms with Crippen molar-refractivity contribution in [2.24, 2.45) is 0 Å². The molecule has 0 unspecified atom stereocenters. The lowest BCUT2D eigenvalue weighted by Gasteiger charge is -2.12. The molecule has 0 aliphatic heterocycles. The van der Waals surface area contributed by atoms with Crippen LogP contribution in [0.4, 0.5) is 18.9 Å². The summed E-state index contributed by atoms with van der Waals surface area (Å²) in [6.45, 7) is 0. The van der Waals surface area contributed by atoms with Crippen LogP contribution in [-0.4, -0.2) is 26.4 Å². The highest BCUT2D eigenvalue weighted by atomic mass is 35.5. The average Bonchev–Trinajstić information content (AvgIpc) is 3.21. The Balaban J connectivity index is 1.53. The molecule has 0 bridgehead atoms. The number of benzene rings is 3. The SMILES string of the molecule is O=C(CSc1nnc(Cc2ccccc2)n1-c1ccc(Cl)cc1)Nc1ccc(Cl)c(C(F)(F)F)c1. The Morgan fingerprint density at radius 3 is 2.37 bits per heavy atom. The van der Waals surface area contributed by atoms with E-state index in [1.807, 2.05) is 47.0 Å². The van der Waals surface area contributed by atoms with Gasteiger partial charge in [0.25, 0.3) is 0 Å². The largest absolute Gasteiger partial charge is 0.417 e. The highest BCUT2D eigenvalue weighted by Crippen LogP contribution is 2.36. The average molecular weight is 537 g/mol. The van der Waals surface area contributed by atoms with Crippen molar-refractivity contribution in [3.63, 3.8) is 0 Å². The van der Waals surface area contributed by atoms with E-state index in [1.165, 1.54) is 6.07 Å². The van der Waals surface area contributed by atoms with Gasteiger partial charge >= 0.3 is 6.18 Å². The van der Waals surface area contributed by atoms with Gasteiger partial charge in [-0.2, -0.15) is 13.2 Å². The molecule has 0 fully saturated rings. The third-order valence-corrected chi connectivity index (χ3v) is 6.39. The van der Waals surface area contributed by atoms with Crippen LogP contribution in [-0.2, 0) is 17.4 Å². The fourth-order valence-corrected chi connectivity index (χ4v) is 4.41. The van der Waals surface area contributed by atoms with E-state index < -0.39 is 22.7 Å². The maximum Gasteiger partial charge on any atom is 0.417 e. The number of hydrogen-bond donors (Lipinski definition) is 1. The number of aromatic nitrogens is 3. The number of alkyl halides is 3. The van der Waals surface area contributed by atoms with E-state index in [4.69, 9.17) is 23.2 Å². The predicted molar refractivity (Wildman–Crippen MR) is 131 cm³/mol. The van der Waals surface area contributed by atoms with Gasteiger partial charge in [0.1, 0.15) is 5.82 Å². The molecule has 4 rings (SSSR count). The Hall–Kier alpha value is -3.01. The Bertz CT molecular complexity index is 1330. The standard InChI is InChI=1S/C24H17Cl2F3N4OS/c25-16-6-9-18(10-7-16)33-21(12-15-4-2-1-3-5-15)31-32-23(33)35-14-22(34)30-17-8-11-20(26)19(13-17)24(27,28)29/h1-11,13H,12,14H2,(H,30,34). The van der Waals surface area contributed by atoms with E-state index in [1.54, 1.807) is 12.1 Å². The van der Waals surface area contributed by atoms with Gasteiger partial charge < -0.3 is 5.32 Å². The lowest BCUT2D eigenvalue weighted by Crippen LogP contribution is -2.16. The van der Waals surface area contributed by atoms with Crippen LogP contribution in [0.5, 0.6) is 0 Å². The van der Waals surface area contributed by atoms with E-state index in [0.29, 0.717) is 22.4 Å². The molecular weight excluding hydrogens is 520 g/mol. The molecular formula is C24H17Cl2F3N4OS. The van der Waals surface area contributed by atoms with Crippen LogP contribution in [0.25, 0.3) is 5.69 Å². The zero-order valence-electron chi connectivity index (χ0n) is 17.9. The van der Waals surface area contributed by atoms with Gasteiger partial charge in [-0.15, -0.1) is 10.2 Å². The molecule has 0 atom stereocenters. The second kappa shape index (κ2) is 10.7. The molecule has 180 valence electrons. The fourth-order valence-electron chi connectivity index (χ4n) is 3.28. The van der Waals surface area contributed by atoms with Crippen LogP contribution in [0.2, 0.25) is 10.0 Å². The Kier molecular flexibility index (Phi) is 7.69. The number of halogens is 5. The smallest absolute Gasteiger partial charge is 0.325 e. The summed E-state index contributed by atoms with van der Waals surface area (Å²) in [6.07, 6.45) is -4.12. The molecule has 11 heteroatoms. The summed E-state index contributed by atoms with van der Waals surface area (Å²) in [5.41, 5.74) is 0.780. The zero-order valence-corrected chi connectivity index (χ0v) is 20.2. The van der Waals surface area contributed by atoms with E-state index in [0.717, 1.165) is 35.1 Å². The summed E-state index contributed by atoms with van der Waals surface area (Å²) in [4.78, 5) is 12.5. The summed E-state index contributed by atoms with van der Waals surface area (Å²) in [5, 5.41) is 11.6. The number of rotatable bonds is 7. The van der Waals surface area contributed by atoms with Crippen molar-refractivity contribution in [1.82, 2.24) is 14.8 Å². The van der Waals surface area contributed by atoms with E-state index in [9.17, 15) is 18.0 Å². The lowest BCUT2D eigenvalue weighted by atomic mass is 10.1. The molecule has 35 heavy (non-hydrogen) atoms. The van der Waals surface area contributed by atoms with Gasteiger partial charge in [0, 0.05) is 22.8 Å². The summed E-state index contributed by atoms with van der Waals surface area (Å²) in [7, 11) is 0. The van der Waals surface area contributed by atoms with E-state index >= 15 is 0 Å². The summed E-state index contributed by atoms with van der Waals surface area (Å²) >= 11 is 12.8. The Labute approximate surface area is 213 Å². The molecule has 0 aliphatic rings. The monoisotopic (exact) mass is 536 g/mol. The van der Waals surface area contributed by atoms with Crippen molar-refractivity contribution in [3.05, 3.63) is 99.8 Å². The first-order chi connectivity index (χ1) is 16.7. The van der Waals surface area contributed by atoms with Gasteiger partial charge in [0.2, 0.25) is 5.91 Å². The molecule has 5 nitrogen and oxygen atoms in total. The summed E-state index contributed by atoms with van der Waals surface area (Å²) in [5.74, 6) is 0.0655. The third kappa shape index (κ3) is 6.36. The summed E-state index contributed by atoms with van der Waals surface area (Å²) in [6, 6.07) is 20.1. The van der Waals surface area contributed by atoms with E-state index in [-0.39, 0.29) is 11.4 Å². The quantitative estimate of drug-likeness (QED) is 0.260. The van der Waals surface area contributed by atoms with Crippen molar-refractivity contribution in [2.45, 2.75) is 17.8 Å². The number of nitrogens with one attached hydrogen (secondary N) is 1. The minimum absolute atomic E-state index is 0.00346. The van der Waals surface area contributed by atoms with Crippen molar-refractivity contribution in [2.75, 3.05) is 11.1 Å². The molecule has 1 N–H and O–H groups in total. The molecule has 4 aromatic rings. The molecule has 0 aliphatic carbocycles. The molecule has 1 amide bonds. The van der Waals surface area contributed by atoms with Gasteiger partial charge in [0.05, 0.1) is 16.3 Å². The first-order valence-corrected chi connectivity index (χ1v) is 12.0. The third-order valence-electron chi connectivity index (χ3n) is 4.88. The number of carbonyl (C=O) groups is 1.